The van der Waals surface area contributed by atoms with Crippen molar-refractivity contribution in [3.8, 4) is 5.75 Å². The van der Waals surface area contributed by atoms with Gasteiger partial charge in [0.1, 0.15) is 0 Å². The molecule has 1 aliphatic rings. The van der Waals surface area contributed by atoms with Crippen LogP contribution in [0.15, 0.2) is 36.4 Å². The van der Waals surface area contributed by atoms with E-state index in [0.717, 1.165) is 18.8 Å². The average molecular weight is 313 g/mol. The number of nitro benzene ring substituents is 1. The molecule has 0 radical (unpaired) electrons. The van der Waals surface area contributed by atoms with E-state index in [0.29, 0.717) is 18.9 Å². The van der Waals surface area contributed by atoms with Crippen LogP contribution in [0.1, 0.15) is 23.6 Å². The van der Waals surface area contributed by atoms with Crippen LogP contribution in [0.2, 0.25) is 0 Å². The van der Waals surface area contributed by atoms with Gasteiger partial charge in [-0.2, -0.15) is 0 Å². The zero-order chi connectivity index (χ0) is 16.2. The molecule has 120 valence electrons. The van der Waals surface area contributed by atoms with E-state index in [9.17, 15) is 10.1 Å². The molecule has 0 atom stereocenters. The number of hydrogen-bond acceptors (Lipinski definition) is 5. The normalized spacial score (nSPS) is 12.7. The molecule has 2 aromatic carbocycles. The van der Waals surface area contributed by atoms with Crippen molar-refractivity contribution in [2.24, 2.45) is 0 Å². The Morgan fingerprint density at radius 1 is 1.22 bits per heavy atom. The van der Waals surface area contributed by atoms with Gasteiger partial charge in [-0.05, 0) is 29.7 Å². The van der Waals surface area contributed by atoms with Gasteiger partial charge in [0, 0.05) is 37.5 Å². The third-order valence-corrected chi connectivity index (χ3v) is 3.85. The summed E-state index contributed by atoms with van der Waals surface area (Å²) >= 11 is 0. The molecule has 0 aliphatic carbocycles. The molecule has 2 N–H and O–H groups in total. The van der Waals surface area contributed by atoms with Crippen molar-refractivity contribution in [2.75, 3.05) is 11.9 Å². The van der Waals surface area contributed by atoms with Crippen LogP contribution in [0.5, 0.6) is 5.75 Å². The predicted octanol–water partition coefficient (Wildman–Crippen LogP) is 3.21. The lowest BCUT2D eigenvalue weighted by Gasteiger charge is -2.10. The molecule has 1 heterocycles. The Balaban J connectivity index is 1.72. The fraction of sp³-hybridized carbons (Fsp3) is 0.294. The number of nitrogens with one attached hydrogen (secondary N) is 2. The minimum absolute atomic E-state index is 0.0130. The van der Waals surface area contributed by atoms with Crippen LogP contribution in [0.3, 0.4) is 0 Å². The van der Waals surface area contributed by atoms with Crippen molar-refractivity contribution in [3.63, 3.8) is 0 Å². The molecule has 6 nitrogen and oxygen atoms in total. The molecule has 0 aromatic heterocycles. The molecule has 0 unspecified atom stereocenters. The monoisotopic (exact) mass is 313 g/mol. The van der Waals surface area contributed by atoms with Gasteiger partial charge in [-0.25, -0.2) is 0 Å². The molecule has 2 aromatic rings. The number of nitro groups is 1. The second-order valence-corrected chi connectivity index (χ2v) is 5.43. The molecule has 0 bridgehead atoms. The largest absolute Gasteiger partial charge is 0.487 e. The Hall–Kier alpha value is -2.60. The summed E-state index contributed by atoms with van der Waals surface area (Å²) in [4.78, 5) is 10.6. The van der Waals surface area contributed by atoms with Crippen molar-refractivity contribution in [3.05, 3.63) is 63.2 Å². The summed E-state index contributed by atoms with van der Waals surface area (Å²) < 4.78 is 5.36. The molecule has 0 fully saturated rings. The van der Waals surface area contributed by atoms with Crippen molar-refractivity contribution < 1.29 is 9.66 Å². The van der Waals surface area contributed by atoms with E-state index in [4.69, 9.17) is 4.74 Å². The highest BCUT2D eigenvalue weighted by Crippen LogP contribution is 2.30. The second kappa shape index (κ2) is 6.66. The predicted molar refractivity (Wildman–Crippen MR) is 88.6 cm³/mol. The SMILES string of the molecule is CCOc1cc(NCc2ccc3c(c2)CNC3)ccc1[N+](=O)[O-]. The maximum atomic E-state index is 11.0. The Morgan fingerprint density at radius 2 is 2.04 bits per heavy atom. The van der Waals surface area contributed by atoms with E-state index in [1.165, 1.54) is 22.8 Å². The van der Waals surface area contributed by atoms with E-state index in [-0.39, 0.29) is 5.69 Å². The van der Waals surface area contributed by atoms with Crippen LogP contribution in [0, 0.1) is 10.1 Å². The Kier molecular flexibility index (Phi) is 4.43. The standard InChI is InChI=1S/C17H19N3O3/c1-2-23-17-8-15(5-6-16(17)20(21)22)19-9-12-3-4-13-10-18-11-14(13)7-12/h3-8,18-19H,2,9-11H2,1H3. The van der Waals surface area contributed by atoms with Crippen molar-refractivity contribution in [1.29, 1.82) is 0 Å². The van der Waals surface area contributed by atoms with Crippen LogP contribution < -0.4 is 15.4 Å². The molecular formula is C17H19N3O3. The van der Waals surface area contributed by atoms with Gasteiger partial charge in [0.15, 0.2) is 5.75 Å². The Labute approximate surface area is 134 Å². The second-order valence-electron chi connectivity index (χ2n) is 5.43. The zero-order valence-electron chi connectivity index (χ0n) is 13.0. The van der Waals surface area contributed by atoms with Crippen LogP contribution >= 0.6 is 0 Å². The number of hydrogen-bond donors (Lipinski definition) is 2. The number of benzene rings is 2. The summed E-state index contributed by atoms with van der Waals surface area (Å²) in [6.45, 7) is 4.71. The van der Waals surface area contributed by atoms with Gasteiger partial charge in [-0.1, -0.05) is 18.2 Å². The van der Waals surface area contributed by atoms with Crippen LogP contribution in [0.25, 0.3) is 0 Å². The molecule has 0 saturated carbocycles. The van der Waals surface area contributed by atoms with E-state index in [1.807, 2.05) is 6.92 Å². The third-order valence-electron chi connectivity index (χ3n) is 3.85. The highest BCUT2D eigenvalue weighted by Gasteiger charge is 2.15. The van der Waals surface area contributed by atoms with Gasteiger partial charge in [0.25, 0.3) is 0 Å². The third kappa shape index (κ3) is 3.43. The van der Waals surface area contributed by atoms with E-state index < -0.39 is 4.92 Å². The highest BCUT2D eigenvalue weighted by molar-refractivity contribution is 5.58. The van der Waals surface area contributed by atoms with Crippen molar-refractivity contribution in [1.82, 2.24) is 5.32 Å². The minimum Gasteiger partial charge on any atom is -0.487 e. The zero-order valence-corrected chi connectivity index (χ0v) is 13.0. The summed E-state index contributed by atoms with van der Waals surface area (Å²) in [5, 5.41) is 17.6. The molecule has 1 aliphatic heterocycles. The summed E-state index contributed by atoms with van der Waals surface area (Å²) in [7, 11) is 0. The first kappa shape index (κ1) is 15.3. The van der Waals surface area contributed by atoms with Crippen LogP contribution in [-0.4, -0.2) is 11.5 Å². The topological polar surface area (TPSA) is 76.4 Å². The Bertz CT molecular complexity index is 731. The first-order valence-corrected chi connectivity index (χ1v) is 7.64. The number of anilines is 1. The van der Waals surface area contributed by atoms with Gasteiger partial charge < -0.3 is 15.4 Å². The number of nitrogens with zero attached hydrogens (tertiary/aromatic N) is 1. The molecular weight excluding hydrogens is 294 g/mol. The summed E-state index contributed by atoms with van der Waals surface area (Å²) in [6.07, 6.45) is 0. The fourth-order valence-corrected chi connectivity index (χ4v) is 2.71. The number of rotatable bonds is 6. The molecule has 0 amide bonds. The number of ether oxygens (including phenoxy) is 1. The van der Waals surface area contributed by atoms with E-state index >= 15 is 0 Å². The van der Waals surface area contributed by atoms with Gasteiger partial charge in [-0.3, -0.25) is 10.1 Å². The van der Waals surface area contributed by atoms with E-state index in [1.54, 1.807) is 12.1 Å². The lowest BCUT2D eigenvalue weighted by molar-refractivity contribution is -0.385. The van der Waals surface area contributed by atoms with Gasteiger partial charge in [0.2, 0.25) is 0 Å². The summed E-state index contributed by atoms with van der Waals surface area (Å²) in [5.74, 6) is 0.292. The number of fused-ring (bicyclic) bond motifs is 1. The van der Waals surface area contributed by atoms with Gasteiger partial charge in [-0.15, -0.1) is 0 Å². The van der Waals surface area contributed by atoms with Gasteiger partial charge in [0.05, 0.1) is 11.5 Å². The van der Waals surface area contributed by atoms with Crippen LogP contribution in [0.4, 0.5) is 11.4 Å². The highest BCUT2D eigenvalue weighted by atomic mass is 16.6. The smallest absolute Gasteiger partial charge is 0.311 e. The fourth-order valence-electron chi connectivity index (χ4n) is 2.71. The van der Waals surface area contributed by atoms with Crippen molar-refractivity contribution in [2.45, 2.75) is 26.6 Å². The molecule has 0 saturated heterocycles. The maximum Gasteiger partial charge on any atom is 0.311 e. The molecule has 3 rings (SSSR count). The first-order chi connectivity index (χ1) is 11.2. The van der Waals surface area contributed by atoms with E-state index in [2.05, 4.69) is 28.8 Å². The van der Waals surface area contributed by atoms with Gasteiger partial charge >= 0.3 is 5.69 Å². The Morgan fingerprint density at radius 3 is 2.83 bits per heavy atom. The lowest BCUT2D eigenvalue weighted by Crippen LogP contribution is -2.02. The molecule has 0 spiro atoms. The quantitative estimate of drug-likeness (QED) is 0.632. The molecule has 23 heavy (non-hydrogen) atoms. The molecule has 6 heteroatoms. The average Bonchev–Trinajstić information content (AvgIpc) is 3.01. The van der Waals surface area contributed by atoms with Crippen molar-refractivity contribution >= 4 is 11.4 Å². The maximum absolute atomic E-state index is 11.0. The summed E-state index contributed by atoms with van der Waals surface area (Å²) in [6, 6.07) is 11.3. The lowest BCUT2D eigenvalue weighted by atomic mass is 10.1. The first-order valence-electron chi connectivity index (χ1n) is 7.64. The minimum atomic E-state index is -0.428. The summed E-state index contributed by atoms with van der Waals surface area (Å²) in [5.41, 5.74) is 4.66. The van der Waals surface area contributed by atoms with Crippen LogP contribution in [-0.2, 0) is 19.6 Å².